The predicted octanol–water partition coefficient (Wildman–Crippen LogP) is 5.43. The van der Waals surface area contributed by atoms with Gasteiger partial charge in [0, 0.05) is 62.7 Å². The number of anilines is 1. The summed E-state index contributed by atoms with van der Waals surface area (Å²) in [7, 11) is 3.56. The Morgan fingerprint density at radius 1 is 1.23 bits per heavy atom. The molecule has 5 rings (SSSR count). The van der Waals surface area contributed by atoms with Crippen molar-refractivity contribution in [3.05, 3.63) is 76.4 Å². The number of aldehydes is 1. The van der Waals surface area contributed by atoms with Gasteiger partial charge in [0.25, 0.3) is 0 Å². The number of benzene rings is 2. The molecule has 0 amide bonds. The van der Waals surface area contributed by atoms with Gasteiger partial charge in [-0.05, 0) is 73.1 Å². The van der Waals surface area contributed by atoms with Crippen LogP contribution in [0.2, 0.25) is 0 Å². The molecule has 0 aliphatic heterocycles. The van der Waals surface area contributed by atoms with Crippen molar-refractivity contribution in [1.29, 1.82) is 0 Å². The average molecular weight is 554 g/mol. The quantitative estimate of drug-likeness (QED) is 0.338. The lowest BCUT2D eigenvalue weighted by Crippen LogP contribution is -2.47. The monoisotopic (exact) mass is 553 g/mol. The second-order valence-electron chi connectivity index (χ2n) is 11.5. The molecule has 2 fully saturated rings. The van der Waals surface area contributed by atoms with Gasteiger partial charge in [-0.1, -0.05) is 12.1 Å². The Kier molecular flexibility index (Phi) is 7.56. The summed E-state index contributed by atoms with van der Waals surface area (Å²) in [6.45, 7) is 2.23. The van der Waals surface area contributed by atoms with E-state index in [9.17, 15) is 22.8 Å². The van der Waals surface area contributed by atoms with Crippen LogP contribution in [0.15, 0.2) is 42.7 Å². The van der Waals surface area contributed by atoms with Crippen LogP contribution >= 0.6 is 0 Å². The number of nitrogens with one attached hydrogen (secondary N) is 1. The third-order valence-corrected chi connectivity index (χ3v) is 8.49. The molecule has 1 heterocycles. The van der Waals surface area contributed by atoms with Gasteiger partial charge >= 0.3 is 6.18 Å². The van der Waals surface area contributed by atoms with Crippen LogP contribution < -0.4 is 10.2 Å². The van der Waals surface area contributed by atoms with Crippen molar-refractivity contribution in [3.8, 4) is 0 Å². The number of rotatable bonds is 10. The molecule has 2 aliphatic rings. The summed E-state index contributed by atoms with van der Waals surface area (Å²) in [5.74, 6) is 0.851. The van der Waals surface area contributed by atoms with Crippen LogP contribution in [0.25, 0.3) is 0 Å². The number of ketones is 1. The minimum atomic E-state index is -4.61. The fourth-order valence-corrected chi connectivity index (χ4v) is 5.84. The normalized spacial score (nSPS) is 17.7. The number of hydrogen-bond acceptors (Lipinski definition) is 6. The average Bonchev–Trinajstić information content (AvgIpc) is 3.30. The van der Waals surface area contributed by atoms with Gasteiger partial charge in [-0.2, -0.15) is 13.2 Å². The van der Waals surface area contributed by atoms with Crippen LogP contribution in [0.1, 0.15) is 83.4 Å². The number of carbonyl (C=O) groups is 2. The number of aryl methyl sites for hydroxylation is 1. The van der Waals surface area contributed by atoms with E-state index < -0.39 is 11.7 Å². The first kappa shape index (κ1) is 28.0. The van der Waals surface area contributed by atoms with Crippen LogP contribution in [0.3, 0.4) is 0 Å². The maximum atomic E-state index is 14.3. The van der Waals surface area contributed by atoms with Gasteiger partial charge in [-0.3, -0.25) is 9.59 Å². The SMILES string of the molecule is CN(Cc1c(C=O)cc(CNC2(C)CCC2)cc1C(F)(F)F)c1cccc([C@H](c2nncn2C)C2CC(=O)C2)c1. The third kappa shape index (κ3) is 5.68. The van der Waals surface area contributed by atoms with E-state index >= 15 is 0 Å². The molecule has 0 spiro atoms. The lowest BCUT2D eigenvalue weighted by Gasteiger charge is -2.39. The van der Waals surface area contributed by atoms with Crippen molar-refractivity contribution in [2.75, 3.05) is 11.9 Å². The number of hydrogen-bond donors (Lipinski definition) is 1. The van der Waals surface area contributed by atoms with Crippen molar-refractivity contribution in [2.24, 2.45) is 13.0 Å². The summed E-state index contributed by atoms with van der Waals surface area (Å²) in [6.07, 6.45) is 1.49. The van der Waals surface area contributed by atoms with Gasteiger partial charge < -0.3 is 14.8 Å². The van der Waals surface area contributed by atoms with E-state index in [1.165, 1.54) is 6.07 Å². The molecule has 0 radical (unpaired) electrons. The van der Waals surface area contributed by atoms with Gasteiger partial charge in [0.2, 0.25) is 0 Å². The number of Topliss-reactive ketones (excluding diaryl/α,β-unsaturated/α-hetero) is 1. The highest BCUT2D eigenvalue weighted by atomic mass is 19.4. The summed E-state index contributed by atoms with van der Waals surface area (Å²) in [4.78, 5) is 25.6. The number of alkyl halides is 3. The molecule has 2 aliphatic carbocycles. The van der Waals surface area contributed by atoms with Gasteiger partial charge in [-0.25, -0.2) is 0 Å². The lowest BCUT2D eigenvalue weighted by molar-refractivity contribution is -0.138. The summed E-state index contributed by atoms with van der Waals surface area (Å²) in [6, 6.07) is 10.3. The molecule has 1 atom stereocenters. The zero-order chi connectivity index (χ0) is 28.7. The Balaban J connectivity index is 1.44. The highest BCUT2D eigenvalue weighted by molar-refractivity contribution is 5.85. The zero-order valence-electron chi connectivity index (χ0n) is 23.0. The Hall–Kier alpha value is -3.53. The van der Waals surface area contributed by atoms with Crippen molar-refractivity contribution in [2.45, 2.75) is 69.8 Å². The minimum Gasteiger partial charge on any atom is -0.370 e. The number of nitrogens with zero attached hydrogens (tertiary/aromatic N) is 4. The molecule has 212 valence electrons. The van der Waals surface area contributed by atoms with E-state index in [0.717, 1.165) is 30.7 Å². The summed E-state index contributed by atoms with van der Waals surface area (Å²) < 4.78 is 44.7. The van der Waals surface area contributed by atoms with Crippen molar-refractivity contribution in [3.63, 3.8) is 0 Å². The van der Waals surface area contributed by atoms with Crippen molar-refractivity contribution >= 4 is 17.8 Å². The maximum Gasteiger partial charge on any atom is 0.416 e. The molecule has 7 nitrogen and oxygen atoms in total. The first-order valence-electron chi connectivity index (χ1n) is 13.6. The minimum absolute atomic E-state index is 0.0401. The molecule has 3 aromatic rings. The second kappa shape index (κ2) is 10.8. The fraction of sp³-hybridized carbons (Fsp3) is 0.467. The van der Waals surface area contributed by atoms with Crippen molar-refractivity contribution < 1.29 is 22.8 Å². The summed E-state index contributed by atoms with van der Waals surface area (Å²) in [5.41, 5.74) is 1.18. The number of carbonyl (C=O) groups excluding carboxylic acids is 2. The van der Waals surface area contributed by atoms with E-state index in [4.69, 9.17) is 0 Å². The molecule has 0 unspecified atom stereocenters. The maximum absolute atomic E-state index is 14.3. The molecule has 0 saturated heterocycles. The summed E-state index contributed by atoms with van der Waals surface area (Å²) >= 11 is 0. The lowest BCUT2D eigenvalue weighted by atomic mass is 9.71. The molecular weight excluding hydrogens is 519 g/mol. The highest BCUT2D eigenvalue weighted by Gasteiger charge is 2.38. The molecule has 0 bridgehead atoms. The van der Waals surface area contributed by atoms with E-state index in [0.29, 0.717) is 30.4 Å². The number of halogens is 3. The smallest absolute Gasteiger partial charge is 0.370 e. The number of aromatic nitrogens is 3. The van der Waals surface area contributed by atoms with Crippen molar-refractivity contribution in [1.82, 2.24) is 20.1 Å². The molecule has 2 aromatic carbocycles. The van der Waals surface area contributed by atoms with Crippen LogP contribution in [0.5, 0.6) is 0 Å². The van der Waals surface area contributed by atoms with E-state index in [1.807, 2.05) is 35.9 Å². The first-order chi connectivity index (χ1) is 19.0. The van der Waals surface area contributed by atoms with E-state index in [2.05, 4.69) is 22.4 Å². The molecule has 2 saturated carbocycles. The standard InChI is InChI=1S/C30H34F3N5O2/c1-29(8-5-9-29)34-15-19-10-22(17-39)25(26(11-19)30(31,32)33)16-37(2)23-7-4-6-20(12-23)27(21-13-24(40)14-21)28-36-35-18-38(28)3/h4,6-7,10-12,17-18,21,27,34H,5,8-9,13-16H2,1-3H3/t27-/m0/s1. The van der Waals surface area contributed by atoms with E-state index in [-0.39, 0.29) is 47.4 Å². The zero-order valence-corrected chi connectivity index (χ0v) is 23.0. The molecule has 1 N–H and O–H groups in total. The molecule has 1 aromatic heterocycles. The molecule has 40 heavy (non-hydrogen) atoms. The Labute approximate surface area is 231 Å². The van der Waals surface area contributed by atoms with E-state index in [1.54, 1.807) is 24.3 Å². The first-order valence-corrected chi connectivity index (χ1v) is 13.6. The van der Waals surface area contributed by atoms with Crippen LogP contribution in [-0.4, -0.2) is 39.4 Å². The van der Waals surface area contributed by atoms with Crippen LogP contribution in [0, 0.1) is 5.92 Å². The Bertz CT molecular complexity index is 1400. The highest BCUT2D eigenvalue weighted by Crippen LogP contribution is 2.42. The molecular formula is C30H34F3N5O2. The predicted molar refractivity (Wildman–Crippen MR) is 145 cm³/mol. The molecule has 10 heteroatoms. The van der Waals surface area contributed by atoms with Gasteiger partial charge in [0.15, 0.2) is 0 Å². The topological polar surface area (TPSA) is 80.1 Å². The van der Waals surface area contributed by atoms with Crippen LogP contribution in [0.4, 0.5) is 18.9 Å². The van der Waals surface area contributed by atoms with Gasteiger partial charge in [-0.15, -0.1) is 10.2 Å². The third-order valence-electron chi connectivity index (χ3n) is 8.49. The second-order valence-corrected chi connectivity index (χ2v) is 11.5. The van der Waals surface area contributed by atoms with Gasteiger partial charge in [0.05, 0.1) is 5.56 Å². The van der Waals surface area contributed by atoms with Crippen LogP contribution in [-0.2, 0) is 31.1 Å². The summed E-state index contributed by atoms with van der Waals surface area (Å²) in [5, 5.41) is 11.7. The Morgan fingerprint density at radius 3 is 2.55 bits per heavy atom. The largest absolute Gasteiger partial charge is 0.416 e. The fourth-order valence-electron chi connectivity index (χ4n) is 5.84. The van der Waals surface area contributed by atoms with Gasteiger partial charge in [0.1, 0.15) is 24.2 Å². The Morgan fingerprint density at radius 2 is 1.98 bits per heavy atom.